The molecule has 0 radical (unpaired) electrons. The zero-order chi connectivity index (χ0) is 14.4. The van der Waals surface area contributed by atoms with Crippen LogP contribution >= 0.6 is 0 Å². The molecule has 0 aliphatic carbocycles. The first-order valence-electron chi connectivity index (χ1n) is 6.34. The Hall–Kier alpha value is -1.82. The fourth-order valence-corrected chi connectivity index (χ4v) is 1.98. The van der Waals surface area contributed by atoms with E-state index in [9.17, 15) is 0 Å². The Labute approximate surface area is 113 Å². The van der Waals surface area contributed by atoms with Gasteiger partial charge in [-0.05, 0) is 38.8 Å². The summed E-state index contributed by atoms with van der Waals surface area (Å²) >= 11 is 0. The lowest BCUT2D eigenvalue weighted by Crippen LogP contribution is -2.35. The molecule has 1 rings (SSSR count). The van der Waals surface area contributed by atoms with E-state index in [-0.39, 0.29) is 18.5 Å². The van der Waals surface area contributed by atoms with Gasteiger partial charge < -0.3 is 20.9 Å². The molecule has 0 fully saturated rings. The second kappa shape index (κ2) is 6.94. The Kier molecular flexibility index (Phi) is 5.57. The van der Waals surface area contributed by atoms with E-state index in [0.717, 1.165) is 5.56 Å². The summed E-state index contributed by atoms with van der Waals surface area (Å²) in [6.45, 7) is 6.75. The average Bonchev–Trinajstić information content (AvgIpc) is 2.38. The van der Waals surface area contributed by atoms with Crippen molar-refractivity contribution in [1.82, 2.24) is 4.98 Å². The molecule has 0 aliphatic rings. The summed E-state index contributed by atoms with van der Waals surface area (Å²) in [7, 11) is 0. The van der Waals surface area contributed by atoms with Crippen molar-refractivity contribution in [2.75, 3.05) is 18.1 Å². The first-order chi connectivity index (χ1) is 9.02. The molecular formula is C13H22N4O2. The average molecular weight is 266 g/mol. The van der Waals surface area contributed by atoms with Crippen molar-refractivity contribution in [2.24, 2.45) is 10.9 Å². The van der Waals surface area contributed by atoms with Crippen molar-refractivity contribution in [2.45, 2.75) is 33.2 Å². The fraction of sp³-hybridized carbons (Fsp3) is 0.538. The van der Waals surface area contributed by atoms with Crippen LogP contribution in [0, 0.1) is 6.92 Å². The molecule has 1 aromatic rings. The van der Waals surface area contributed by atoms with E-state index in [1.165, 1.54) is 0 Å². The third-order valence-corrected chi connectivity index (χ3v) is 2.96. The molecule has 106 valence electrons. The molecule has 19 heavy (non-hydrogen) atoms. The van der Waals surface area contributed by atoms with Gasteiger partial charge in [0.25, 0.3) is 0 Å². The van der Waals surface area contributed by atoms with Crippen LogP contribution in [0.15, 0.2) is 17.4 Å². The molecule has 0 bridgehead atoms. The highest BCUT2D eigenvalue weighted by molar-refractivity contribution is 6.02. The van der Waals surface area contributed by atoms with Gasteiger partial charge in [0, 0.05) is 25.4 Å². The molecule has 1 heterocycles. The highest BCUT2D eigenvalue weighted by Gasteiger charge is 2.19. The first kappa shape index (κ1) is 15.2. The topological polar surface area (TPSA) is 95.0 Å². The van der Waals surface area contributed by atoms with Crippen molar-refractivity contribution < 1.29 is 10.3 Å². The van der Waals surface area contributed by atoms with E-state index < -0.39 is 0 Å². The van der Waals surface area contributed by atoms with Gasteiger partial charge in [-0.25, -0.2) is 4.98 Å². The number of amidine groups is 1. The van der Waals surface area contributed by atoms with Gasteiger partial charge in [-0.15, -0.1) is 0 Å². The minimum atomic E-state index is 0.0512. The van der Waals surface area contributed by atoms with E-state index in [1.807, 2.05) is 31.7 Å². The van der Waals surface area contributed by atoms with Gasteiger partial charge >= 0.3 is 0 Å². The van der Waals surface area contributed by atoms with Crippen molar-refractivity contribution in [3.05, 3.63) is 23.4 Å². The molecule has 4 N–H and O–H groups in total. The third-order valence-electron chi connectivity index (χ3n) is 2.96. The number of rotatable bonds is 6. The van der Waals surface area contributed by atoms with Crippen LogP contribution in [0.3, 0.4) is 0 Å². The van der Waals surface area contributed by atoms with Gasteiger partial charge in [-0.3, -0.25) is 0 Å². The molecule has 0 aromatic carbocycles. The van der Waals surface area contributed by atoms with E-state index in [2.05, 4.69) is 10.1 Å². The van der Waals surface area contributed by atoms with Gasteiger partial charge in [-0.2, -0.15) is 0 Å². The molecule has 0 saturated carbocycles. The van der Waals surface area contributed by atoms with Crippen LogP contribution in [0.5, 0.6) is 0 Å². The number of oxime groups is 1. The largest absolute Gasteiger partial charge is 0.409 e. The standard InChI is InChI=1S/C13H22N4O2/c1-9(2)17(7-4-8-18)13-11(12(14)16-19)10(3)5-6-15-13/h5-6,9,18-19H,4,7-8H2,1-3H3,(H2,14,16). The predicted molar refractivity (Wildman–Crippen MR) is 75.7 cm³/mol. The summed E-state index contributed by atoms with van der Waals surface area (Å²) in [5.41, 5.74) is 7.28. The summed E-state index contributed by atoms with van der Waals surface area (Å²) in [6.07, 6.45) is 2.34. The Morgan fingerprint density at radius 1 is 1.53 bits per heavy atom. The minimum Gasteiger partial charge on any atom is -0.409 e. The van der Waals surface area contributed by atoms with Gasteiger partial charge in [-0.1, -0.05) is 5.16 Å². The lowest BCUT2D eigenvalue weighted by atomic mass is 10.1. The molecule has 6 heteroatoms. The number of aromatic nitrogens is 1. The van der Waals surface area contributed by atoms with Crippen LogP contribution in [-0.4, -0.2) is 40.3 Å². The molecule has 0 atom stereocenters. The van der Waals surface area contributed by atoms with Crippen molar-refractivity contribution in [3.8, 4) is 0 Å². The maximum atomic E-state index is 8.99. The number of anilines is 1. The third kappa shape index (κ3) is 3.57. The molecule has 6 nitrogen and oxygen atoms in total. The normalized spacial score (nSPS) is 11.9. The second-order valence-corrected chi connectivity index (χ2v) is 4.68. The molecule has 0 amide bonds. The van der Waals surface area contributed by atoms with Crippen LogP contribution < -0.4 is 10.6 Å². The van der Waals surface area contributed by atoms with E-state index in [0.29, 0.717) is 24.3 Å². The molecule has 0 unspecified atom stereocenters. The van der Waals surface area contributed by atoms with Crippen LogP contribution in [0.2, 0.25) is 0 Å². The Bertz CT molecular complexity index is 446. The smallest absolute Gasteiger partial charge is 0.174 e. The minimum absolute atomic E-state index is 0.0512. The summed E-state index contributed by atoms with van der Waals surface area (Å²) in [4.78, 5) is 6.39. The zero-order valence-electron chi connectivity index (χ0n) is 11.7. The van der Waals surface area contributed by atoms with E-state index >= 15 is 0 Å². The Balaban J connectivity index is 3.26. The lowest BCUT2D eigenvalue weighted by Gasteiger charge is -2.29. The van der Waals surface area contributed by atoms with E-state index in [4.69, 9.17) is 16.0 Å². The summed E-state index contributed by atoms with van der Waals surface area (Å²) in [5.74, 6) is 0.731. The Morgan fingerprint density at radius 3 is 2.74 bits per heavy atom. The van der Waals surface area contributed by atoms with Gasteiger partial charge in [0.05, 0.1) is 5.56 Å². The summed E-state index contributed by atoms with van der Waals surface area (Å²) in [6, 6.07) is 2.02. The van der Waals surface area contributed by atoms with Crippen LogP contribution in [0.4, 0.5) is 5.82 Å². The van der Waals surface area contributed by atoms with E-state index in [1.54, 1.807) is 6.20 Å². The molecule has 1 aromatic heterocycles. The number of nitrogens with zero attached hydrogens (tertiary/aromatic N) is 3. The number of aliphatic hydroxyl groups is 1. The van der Waals surface area contributed by atoms with Crippen molar-refractivity contribution in [1.29, 1.82) is 0 Å². The van der Waals surface area contributed by atoms with Gasteiger partial charge in [0.15, 0.2) is 5.84 Å². The molecular weight excluding hydrogens is 244 g/mol. The molecule has 0 spiro atoms. The predicted octanol–water partition coefficient (Wildman–Crippen LogP) is 1.08. The number of aryl methyl sites for hydroxylation is 1. The first-order valence-corrected chi connectivity index (χ1v) is 6.34. The maximum Gasteiger partial charge on any atom is 0.174 e. The monoisotopic (exact) mass is 266 g/mol. The van der Waals surface area contributed by atoms with Gasteiger partial charge in [0.1, 0.15) is 5.82 Å². The van der Waals surface area contributed by atoms with Crippen LogP contribution in [0.25, 0.3) is 0 Å². The number of nitrogens with two attached hydrogens (primary N) is 1. The quantitative estimate of drug-likeness (QED) is 0.310. The Morgan fingerprint density at radius 2 is 2.21 bits per heavy atom. The fourth-order valence-electron chi connectivity index (χ4n) is 1.98. The number of pyridine rings is 1. The maximum absolute atomic E-state index is 8.99. The summed E-state index contributed by atoms with van der Waals surface area (Å²) < 4.78 is 0. The van der Waals surface area contributed by atoms with Gasteiger partial charge in [0.2, 0.25) is 0 Å². The summed E-state index contributed by atoms with van der Waals surface area (Å²) in [5, 5.41) is 21.0. The SMILES string of the molecule is Cc1ccnc(N(CCCO)C(C)C)c1/C(N)=N/O. The molecule has 0 saturated heterocycles. The lowest BCUT2D eigenvalue weighted by molar-refractivity contribution is 0.288. The number of hydrogen-bond acceptors (Lipinski definition) is 5. The van der Waals surface area contributed by atoms with Crippen LogP contribution in [-0.2, 0) is 0 Å². The highest BCUT2D eigenvalue weighted by atomic mass is 16.4. The van der Waals surface area contributed by atoms with Crippen LogP contribution in [0.1, 0.15) is 31.4 Å². The van der Waals surface area contributed by atoms with Crippen molar-refractivity contribution >= 4 is 11.7 Å². The van der Waals surface area contributed by atoms with Crippen molar-refractivity contribution in [3.63, 3.8) is 0 Å². The number of aliphatic hydroxyl groups excluding tert-OH is 1. The number of hydrogen-bond donors (Lipinski definition) is 3. The zero-order valence-corrected chi connectivity index (χ0v) is 11.7. The second-order valence-electron chi connectivity index (χ2n) is 4.68. The highest BCUT2D eigenvalue weighted by Crippen LogP contribution is 2.23. The molecule has 0 aliphatic heterocycles.